The Morgan fingerprint density at radius 3 is 2.80 bits per heavy atom. The maximum atomic E-state index is 13.2. The summed E-state index contributed by atoms with van der Waals surface area (Å²) in [5.41, 5.74) is 6.38. The highest BCUT2D eigenvalue weighted by Gasteiger charge is 2.45. The Labute approximate surface area is 169 Å². The van der Waals surface area contributed by atoms with Crippen LogP contribution in [0.3, 0.4) is 0 Å². The van der Waals surface area contributed by atoms with Crippen LogP contribution in [0.2, 0.25) is 0 Å². The molecule has 2 aromatic heterocycles. The third-order valence-corrected chi connectivity index (χ3v) is 5.94. The molecule has 0 fully saturated rings. The first kappa shape index (κ1) is 18.3. The molecule has 0 radical (unpaired) electrons. The molecule has 0 unspecified atom stereocenters. The van der Waals surface area contributed by atoms with Crippen molar-refractivity contribution in [3.05, 3.63) is 56.9 Å². The number of esters is 1. The number of aromatic hydroxyl groups is 1. The first-order chi connectivity index (χ1) is 14.3. The summed E-state index contributed by atoms with van der Waals surface area (Å²) in [6.07, 6.45) is 0.0533. The third-order valence-electron chi connectivity index (χ3n) is 5.94. The van der Waals surface area contributed by atoms with Crippen molar-refractivity contribution in [2.45, 2.75) is 32.1 Å². The quantitative estimate of drug-likeness (QED) is 0.221. The number of cyclic esters (lactones) is 1. The molecule has 0 bridgehead atoms. The maximum absolute atomic E-state index is 13.2. The van der Waals surface area contributed by atoms with Gasteiger partial charge in [0.1, 0.15) is 18.2 Å². The van der Waals surface area contributed by atoms with Crippen molar-refractivity contribution in [1.29, 1.82) is 5.41 Å². The summed E-state index contributed by atoms with van der Waals surface area (Å²) < 4.78 is 6.55. The van der Waals surface area contributed by atoms with Crippen molar-refractivity contribution in [2.24, 2.45) is 5.73 Å². The van der Waals surface area contributed by atoms with Crippen LogP contribution < -0.4 is 11.3 Å². The standard InChI is InChI=1S/C21H18N4O5/c1-2-21(29)13-6-15-17-11(7-25(15)19(27)12(13)8-30-20(21)28)16(18(22)23)10-5-9(26)3-4-14(10)24-17/h3-6,26,29H,2,7-8H2,1H3,(H3,22,23)/t21-/m0/s1. The lowest BCUT2D eigenvalue weighted by molar-refractivity contribution is -0.172. The van der Waals surface area contributed by atoms with E-state index in [9.17, 15) is 19.8 Å². The number of phenolic OH excluding ortho intramolecular Hbond substituents is 1. The molecule has 2 aliphatic heterocycles. The molecule has 2 aliphatic rings. The van der Waals surface area contributed by atoms with Gasteiger partial charge in [0.05, 0.1) is 29.0 Å². The fraction of sp³-hybridized carbons (Fsp3) is 0.238. The third kappa shape index (κ3) is 2.20. The van der Waals surface area contributed by atoms with Gasteiger partial charge in [0.2, 0.25) is 0 Å². The Balaban J connectivity index is 1.86. The number of fused-ring (bicyclic) bond motifs is 5. The van der Waals surface area contributed by atoms with Crippen molar-refractivity contribution < 1.29 is 19.7 Å². The maximum Gasteiger partial charge on any atom is 0.343 e. The zero-order chi connectivity index (χ0) is 21.4. The molecule has 0 saturated carbocycles. The fourth-order valence-corrected chi connectivity index (χ4v) is 4.38. The van der Waals surface area contributed by atoms with Crippen LogP contribution in [0.4, 0.5) is 0 Å². The molecule has 9 heteroatoms. The van der Waals surface area contributed by atoms with Crippen molar-refractivity contribution in [1.82, 2.24) is 9.55 Å². The van der Waals surface area contributed by atoms with Gasteiger partial charge in [-0.15, -0.1) is 0 Å². The second-order valence-electron chi connectivity index (χ2n) is 7.53. The zero-order valence-corrected chi connectivity index (χ0v) is 16.0. The normalized spacial score (nSPS) is 19.2. The summed E-state index contributed by atoms with van der Waals surface area (Å²) in [5.74, 6) is -0.983. The van der Waals surface area contributed by atoms with Crippen LogP contribution in [0.15, 0.2) is 29.1 Å². The lowest BCUT2D eigenvalue weighted by Crippen LogP contribution is -2.44. The number of rotatable bonds is 2. The van der Waals surface area contributed by atoms with E-state index < -0.39 is 11.6 Å². The molecule has 5 N–H and O–H groups in total. The first-order valence-electron chi connectivity index (χ1n) is 9.43. The number of pyridine rings is 2. The number of nitrogens with one attached hydrogen (secondary N) is 1. The SMILES string of the molecule is CC[C@@]1(O)C(=O)OCc2c1cc1n(c2=O)Cc2c-1nc1ccc(O)cc1c2C(=N)N. The molecule has 152 valence electrons. The molecular formula is C21H18N4O5. The van der Waals surface area contributed by atoms with Crippen LogP contribution in [-0.2, 0) is 28.3 Å². The molecule has 1 aromatic carbocycles. The molecule has 3 aromatic rings. The average molecular weight is 406 g/mol. The van der Waals surface area contributed by atoms with Crippen LogP contribution in [0.5, 0.6) is 5.75 Å². The molecule has 30 heavy (non-hydrogen) atoms. The van der Waals surface area contributed by atoms with E-state index in [0.29, 0.717) is 33.4 Å². The molecule has 0 aliphatic carbocycles. The Morgan fingerprint density at radius 1 is 1.33 bits per heavy atom. The minimum Gasteiger partial charge on any atom is -0.508 e. The van der Waals surface area contributed by atoms with Gasteiger partial charge in [-0.05, 0) is 30.7 Å². The highest BCUT2D eigenvalue weighted by atomic mass is 16.6. The Morgan fingerprint density at radius 2 is 2.10 bits per heavy atom. The minimum absolute atomic E-state index is 0.0126. The van der Waals surface area contributed by atoms with E-state index in [2.05, 4.69) is 4.98 Å². The highest BCUT2D eigenvalue weighted by Crippen LogP contribution is 2.40. The number of carbonyl (C=O) groups is 1. The molecule has 0 amide bonds. The lowest BCUT2D eigenvalue weighted by Gasteiger charge is -2.31. The molecule has 9 nitrogen and oxygen atoms in total. The van der Waals surface area contributed by atoms with Gasteiger partial charge >= 0.3 is 5.97 Å². The smallest absolute Gasteiger partial charge is 0.343 e. The first-order valence-corrected chi connectivity index (χ1v) is 9.43. The van der Waals surface area contributed by atoms with E-state index in [1.807, 2.05) is 0 Å². The van der Waals surface area contributed by atoms with Gasteiger partial charge in [-0.1, -0.05) is 6.92 Å². The second kappa shape index (κ2) is 5.90. The van der Waals surface area contributed by atoms with Crippen molar-refractivity contribution >= 4 is 22.7 Å². The van der Waals surface area contributed by atoms with Crippen LogP contribution in [0, 0.1) is 5.41 Å². The van der Waals surface area contributed by atoms with Crippen molar-refractivity contribution in [3.8, 4) is 17.1 Å². The van der Waals surface area contributed by atoms with Gasteiger partial charge in [-0.3, -0.25) is 10.2 Å². The molecule has 0 saturated heterocycles. The molecule has 5 rings (SSSR count). The van der Waals surface area contributed by atoms with Crippen molar-refractivity contribution in [2.75, 3.05) is 0 Å². The Kier molecular flexibility index (Phi) is 3.60. The van der Waals surface area contributed by atoms with Gasteiger partial charge in [0.15, 0.2) is 5.60 Å². The number of nitrogen functional groups attached to an aromatic ring is 1. The zero-order valence-electron chi connectivity index (χ0n) is 16.0. The monoisotopic (exact) mass is 406 g/mol. The number of carbonyl (C=O) groups excluding carboxylic acids is 1. The van der Waals surface area contributed by atoms with Crippen LogP contribution in [-0.4, -0.2) is 31.6 Å². The van der Waals surface area contributed by atoms with Gasteiger partial charge in [0, 0.05) is 22.1 Å². The van der Waals surface area contributed by atoms with Crippen molar-refractivity contribution in [3.63, 3.8) is 0 Å². The summed E-state index contributed by atoms with van der Waals surface area (Å²) >= 11 is 0. The Hall–Kier alpha value is -3.72. The number of aliphatic hydroxyl groups is 1. The highest BCUT2D eigenvalue weighted by molar-refractivity contribution is 6.10. The van der Waals surface area contributed by atoms with Gasteiger partial charge in [-0.2, -0.15) is 0 Å². The second-order valence-corrected chi connectivity index (χ2v) is 7.53. The summed E-state index contributed by atoms with van der Waals surface area (Å²) in [5, 5.41) is 29.4. The molecule has 4 heterocycles. The summed E-state index contributed by atoms with van der Waals surface area (Å²) in [6, 6.07) is 6.18. The van der Waals surface area contributed by atoms with Gasteiger partial charge in [0.25, 0.3) is 5.56 Å². The van der Waals surface area contributed by atoms with E-state index in [-0.39, 0.29) is 47.8 Å². The minimum atomic E-state index is -1.91. The van der Waals surface area contributed by atoms with Crippen LogP contribution >= 0.6 is 0 Å². The summed E-state index contributed by atoms with van der Waals surface area (Å²) in [6.45, 7) is 1.55. The number of phenols is 1. The molecule has 0 spiro atoms. The lowest BCUT2D eigenvalue weighted by atomic mass is 9.86. The van der Waals surface area contributed by atoms with E-state index >= 15 is 0 Å². The van der Waals surface area contributed by atoms with E-state index in [0.717, 1.165) is 0 Å². The largest absolute Gasteiger partial charge is 0.508 e. The summed E-state index contributed by atoms with van der Waals surface area (Å²) in [4.78, 5) is 30.1. The van der Waals surface area contributed by atoms with Gasteiger partial charge in [-0.25, -0.2) is 9.78 Å². The van der Waals surface area contributed by atoms with E-state index in [1.54, 1.807) is 19.1 Å². The predicted octanol–water partition coefficient (Wildman–Crippen LogP) is 1.07. The number of nitrogens with two attached hydrogens (primary N) is 1. The Bertz CT molecular complexity index is 1360. The number of aromatic nitrogens is 2. The number of hydrogen-bond acceptors (Lipinski definition) is 7. The topological polar surface area (TPSA) is 152 Å². The number of amidine groups is 1. The number of ether oxygens (including phenoxy) is 1. The van der Waals surface area contributed by atoms with Crippen LogP contribution in [0.1, 0.15) is 35.6 Å². The number of hydrogen-bond donors (Lipinski definition) is 4. The van der Waals surface area contributed by atoms with E-state index in [4.69, 9.17) is 15.9 Å². The molecular weight excluding hydrogens is 388 g/mol. The van der Waals surface area contributed by atoms with Gasteiger partial charge < -0.3 is 25.3 Å². The van der Waals surface area contributed by atoms with E-state index in [1.165, 1.54) is 16.7 Å². The fourth-order valence-electron chi connectivity index (χ4n) is 4.38. The number of benzene rings is 1. The molecule has 1 atom stereocenters. The van der Waals surface area contributed by atoms with Crippen LogP contribution in [0.25, 0.3) is 22.3 Å². The summed E-state index contributed by atoms with van der Waals surface area (Å²) in [7, 11) is 0. The predicted molar refractivity (Wildman–Crippen MR) is 107 cm³/mol. The average Bonchev–Trinajstić information content (AvgIpc) is 3.07. The number of nitrogens with zero attached hydrogens (tertiary/aromatic N) is 2.